The molecule has 2 heterocycles. The van der Waals surface area contributed by atoms with Crippen molar-refractivity contribution in [2.75, 3.05) is 6.54 Å². The zero-order valence-electron chi connectivity index (χ0n) is 10.5. The fraction of sp³-hybridized carbons (Fsp3) is 0.267. The third kappa shape index (κ3) is 1.63. The van der Waals surface area contributed by atoms with Gasteiger partial charge >= 0.3 is 0 Å². The van der Waals surface area contributed by atoms with Gasteiger partial charge < -0.3 is 9.73 Å². The van der Waals surface area contributed by atoms with Gasteiger partial charge in [-0.1, -0.05) is 19.9 Å². The number of carbonyl (C=O) groups is 1. The van der Waals surface area contributed by atoms with Crippen molar-refractivity contribution in [2.45, 2.75) is 19.3 Å². The fourth-order valence-corrected chi connectivity index (χ4v) is 2.39. The molecule has 92 valence electrons. The molecule has 1 aliphatic rings. The highest BCUT2D eigenvalue weighted by molar-refractivity contribution is 5.98. The van der Waals surface area contributed by atoms with E-state index in [2.05, 4.69) is 25.2 Å². The van der Waals surface area contributed by atoms with E-state index in [1.54, 1.807) is 6.26 Å². The molecule has 3 rings (SSSR count). The average Bonchev–Trinajstić information content (AvgIpc) is 2.88. The van der Waals surface area contributed by atoms with Gasteiger partial charge in [0.25, 0.3) is 5.91 Å². The first kappa shape index (κ1) is 11.1. The summed E-state index contributed by atoms with van der Waals surface area (Å²) in [4.78, 5) is 11.8. The summed E-state index contributed by atoms with van der Waals surface area (Å²) in [6.45, 7) is 4.94. The second-order valence-corrected chi connectivity index (χ2v) is 5.30. The standard InChI is InChI=1S/C15H15NO2/c1-15(2)9-16-14(17)11-6-5-10(8-12(11)15)13-4-3-7-18-13/h3-8H,9H2,1-2H3,(H,16,17). The van der Waals surface area contributed by atoms with E-state index in [4.69, 9.17) is 4.42 Å². The van der Waals surface area contributed by atoms with Crippen LogP contribution in [-0.4, -0.2) is 12.5 Å². The van der Waals surface area contributed by atoms with Crippen LogP contribution in [0.5, 0.6) is 0 Å². The van der Waals surface area contributed by atoms with Gasteiger partial charge in [0.05, 0.1) is 6.26 Å². The van der Waals surface area contributed by atoms with Crippen LogP contribution in [0, 0.1) is 0 Å². The Kier molecular flexibility index (Phi) is 2.30. The Hall–Kier alpha value is -2.03. The van der Waals surface area contributed by atoms with E-state index in [0.717, 1.165) is 22.5 Å². The summed E-state index contributed by atoms with van der Waals surface area (Å²) < 4.78 is 5.41. The minimum Gasteiger partial charge on any atom is -0.464 e. The van der Waals surface area contributed by atoms with Crippen LogP contribution >= 0.6 is 0 Å². The van der Waals surface area contributed by atoms with Gasteiger partial charge in [0.2, 0.25) is 0 Å². The minimum atomic E-state index is -0.0498. The Morgan fingerprint density at radius 1 is 1.28 bits per heavy atom. The maximum atomic E-state index is 11.8. The number of hydrogen-bond donors (Lipinski definition) is 1. The molecule has 0 saturated carbocycles. The monoisotopic (exact) mass is 241 g/mol. The molecular formula is C15H15NO2. The van der Waals surface area contributed by atoms with Crippen LogP contribution in [-0.2, 0) is 5.41 Å². The Morgan fingerprint density at radius 2 is 2.11 bits per heavy atom. The second kappa shape index (κ2) is 3.73. The SMILES string of the molecule is CC1(C)CNC(=O)c2ccc(-c3ccco3)cc21. The van der Waals surface area contributed by atoms with Crippen LogP contribution in [0.4, 0.5) is 0 Å². The van der Waals surface area contributed by atoms with Gasteiger partial charge in [-0.05, 0) is 29.8 Å². The molecule has 1 amide bonds. The Balaban J connectivity index is 2.17. The topological polar surface area (TPSA) is 42.2 Å². The maximum absolute atomic E-state index is 11.8. The van der Waals surface area contributed by atoms with Crippen LogP contribution in [0.25, 0.3) is 11.3 Å². The molecule has 0 radical (unpaired) electrons. The first-order valence-electron chi connectivity index (χ1n) is 6.04. The van der Waals surface area contributed by atoms with Crippen LogP contribution in [0.3, 0.4) is 0 Å². The third-order valence-electron chi connectivity index (χ3n) is 3.49. The summed E-state index contributed by atoms with van der Waals surface area (Å²) in [5, 5.41) is 2.92. The molecule has 1 aromatic carbocycles. The summed E-state index contributed by atoms with van der Waals surface area (Å²) in [5.41, 5.74) is 2.81. The smallest absolute Gasteiger partial charge is 0.251 e. The molecule has 0 atom stereocenters. The lowest BCUT2D eigenvalue weighted by atomic mass is 9.78. The van der Waals surface area contributed by atoms with Crippen LogP contribution < -0.4 is 5.32 Å². The minimum absolute atomic E-state index is 0.00956. The molecule has 3 heteroatoms. The normalized spacial score (nSPS) is 17.1. The zero-order chi connectivity index (χ0) is 12.8. The lowest BCUT2D eigenvalue weighted by Crippen LogP contribution is -2.43. The predicted molar refractivity (Wildman–Crippen MR) is 69.5 cm³/mol. The first-order valence-corrected chi connectivity index (χ1v) is 6.04. The van der Waals surface area contributed by atoms with Crippen LogP contribution in [0.2, 0.25) is 0 Å². The van der Waals surface area contributed by atoms with E-state index in [1.807, 2.05) is 24.3 Å². The summed E-state index contributed by atoms with van der Waals surface area (Å²) in [6.07, 6.45) is 1.66. The van der Waals surface area contributed by atoms with Crippen molar-refractivity contribution in [1.82, 2.24) is 5.32 Å². The molecule has 0 spiro atoms. The quantitative estimate of drug-likeness (QED) is 0.834. The second-order valence-electron chi connectivity index (χ2n) is 5.30. The van der Waals surface area contributed by atoms with E-state index < -0.39 is 0 Å². The van der Waals surface area contributed by atoms with Gasteiger partial charge in [0.1, 0.15) is 5.76 Å². The van der Waals surface area contributed by atoms with Gasteiger partial charge in [-0.15, -0.1) is 0 Å². The van der Waals surface area contributed by atoms with Gasteiger partial charge in [-0.2, -0.15) is 0 Å². The molecule has 18 heavy (non-hydrogen) atoms. The Labute approximate surface area is 106 Å². The van der Waals surface area contributed by atoms with E-state index in [0.29, 0.717) is 6.54 Å². The highest BCUT2D eigenvalue weighted by atomic mass is 16.3. The molecule has 0 fully saturated rings. The number of carbonyl (C=O) groups excluding carboxylic acids is 1. The number of furan rings is 1. The summed E-state index contributed by atoms with van der Waals surface area (Å²) in [5.74, 6) is 0.843. The van der Waals surface area contributed by atoms with Crippen molar-refractivity contribution in [2.24, 2.45) is 0 Å². The lowest BCUT2D eigenvalue weighted by Gasteiger charge is -2.32. The molecule has 1 aliphatic heterocycles. The number of hydrogen-bond acceptors (Lipinski definition) is 2. The molecule has 0 saturated heterocycles. The van der Waals surface area contributed by atoms with Gasteiger partial charge in [0.15, 0.2) is 0 Å². The summed E-state index contributed by atoms with van der Waals surface area (Å²) >= 11 is 0. The van der Waals surface area contributed by atoms with Gasteiger partial charge in [0, 0.05) is 23.1 Å². The van der Waals surface area contributed by atoms with E-state index in [1.165, 1.54) is 0 Å². The molecule has 3 nitrogen and oxygen atoms in total. The Bertz CT molecular complexity index is 597. The van der Waals surface area contributed by atoms with Crippen molar-refractivity contribution in [3.63, 3.8) is 0 Å². The summed E-state index contributed by atoms with van der Waals surface area (Å²) in [7, 11) is 0. The highest BCUT2D eigenvalue weighted by Crippen LogP contribution is 2.33. The molecule has 0 aliphatic carbocycles. The zero-order valence-corrected chi connectivity index (χ0v) is 10.5. The number of rotatable bonds is 1. The largest absolute Gasteiger partial charge is 0.464 e. The lowest BCUT2D eigenvalue weighted by molar-refractivity contribution is 0.0930. The number of nitrogens with one attached hydrogen (secondary N) is 1. The molecule has 0 unspecified atom stereocenters. The maximum Gasteiger partial charge on any atom is 0.251 e. The molecule has 0 bridgehead atoms. The predicted octanol–water partition coefficient (Wildman–Crippen LogP) is 2.97. The van der Waals surface area contributed by atoms with Crippen molar-refractivity contribution in [3.05, 3.63) is 47.7 Å². The van der Waals surface area contributed by atoms with Gasteiger partial charge in [-0.3, -0.25) is 4.79 Å². The Morgan fingerprint density at radius 3 is 2.83 bits per heavy atom. The fourth-order valence-electron chi connectivity index (χ4n) is 2.39. The first-order chi connectivity index (χ1) is 8.58. The third-order valence-corrected chi connectivity index (χ3v) is 3.49. The van der Waals surface area contributed by atoms with Gasteiger partial charge in [-0.25, -0.2) is 0 Å². The molecule has 1 aromatic heterocycles. The van der Waals surface area contributed by atoms with Crippen molar-refractivity contribution < 1.29 is 9.21 Å². The van der Waals surface area contributed by atoms with E-state index in [-0.39, 0.29) is 11.3 Å². The number of fused-ring (bicyclic) bond motifs is 1. The van der Waals surface area contributed by atoms with Crippen LogP contribution in [0.15, 0.2) is 41.0 Å². The highest BCUT2D eigenvalue weighted by Gasteiger charge is 2.31. The molecule has 1 N–H and O–H groups in total. The average molecular weight is 241 g/mol. The van der Waals surface area contributed by atoms with E-state index >= 15 is 0 Å². The van der Waals surface area contributed by atoms with Crippen molar-refractivity contribution >= 4 is 5.91 Å². The van der Waals surface area contributed by atoms with E-state index in [9.17, 15) is 4.79 Å². The van der Waals surface area contributed by atoms with Crippen molar-refractivity contribution in [3.8, 4) is 11.3 Å². The number of benzene rings is 1. The van der Waals surface area contributed by atoms with Crippen LogP contribution in [0.1, 0.15) is 29.8 Å². The molecule has 2 aromatic rings. The van der Waals surface area contributed by atoms with Crippen molar-refractivity contribution in [1.29, 1.82) is 0 Å². The summed E-state index contributed by atoms with van der Waals surface area (Å²) in [6, 6.07) is 9.67. The number of amides is 1. The molecular weight excluding hydrogens is 226 g/mol.